The zero-order valence-electron chi connectivity index (χ0n) is 13.9. The molecule has 0 saturated carbocycles. The molecule has 0 atom stereocenters. The molecule has 124 valence electrons. The van der Waals surface area contributed by atoms with Gasteiger partial charge >= 0.3 is 7.12 Å². The quantitative estimate of drug-likeness (QED) is 0.477. The van der Waals surface area contributed by atoms with Crippen LogP contribution in [0.4, 0.5) is 0 Å². The minimum absolute atomic E-state index is 0.453. The lowest BCUT2D eigenvalue weighted by Gasteiger charge is -2.08. The second-order valence-corrected chi connectivity index (χ2v) is 6.45. The molecule has 3 nitrogen and oxygen atoms in total. The van der Waals surface area contributed by atoms with Crippen LogP contribution >= 0.6 is 0 Å². The normalized spacial score (nSPS) is 11.5. The number of benzene rings is 4. The smallest absolute Gasteiger partial charge is 0.455 e. The zero-order valence-corrected chi connectivity index (χ0v) is 13.9. The molecule has 1 heterocycles. The molecule has 0 aliphatic heterocycles. The number of hydrogen-bond acceptors (Lipinski definition) is 3. The third kappa shape index (κ3) is 2.24. The van der Waals surface area contributed by atoms with E-state index in [0.717, 1.165) is 43.8 Å². The highest BCUT2D eigenvalue weighted by Gasteiger charge is 2.18. The van der Waals surface area contributed by atoms with E-state index in [2.05, 4.69) is 30.3 Å². The summed E-state index contributed by atoms with van der Waals surface area (Å²) in [4.78, 5) is 0. The second-order valence-electron chi connectivity index (χ2n) is 6.45. The summed E-state index contributed by atoms with van der Waals surface area (Å²) in [5.74, 6) is 0. The summed E-state index contributed by atoms with van der Waals surface area (Å²) in [6, 6.07) is 25.8. The molecule has 2 N–H and O–H groups in total. The maximum atomic E-state index is 9.52. The van der Waals surface area contributed by atoms with E-state index in [1.54, 1.807) is 18.2 Å². The average molecular weight is 338 g/mol. The molecule has 0 aliphatic rings. The lowest BCUT2D eigenvalue weighted by molar-refractivity contribution is 0.426. The molecular formula is C22H15BO3. The largest absolute Gasteiger partial charge is 0.488 e. The summed E-state index contributed by atoms with van der Waals surface area (Å²) in [5.41, 5.74) is 4.15. The molecule has 4 heteroatoms. The van der Waals surface area contributed by atoms with Crippen molar-refractivity contribution in [2.75, 3.05) is 0 Å². The molecule has 26 heavy (non-hydrogen) atoms. The van der Waals surface area contributed by atoms with E-state index in [9.17, 15) is 10.0 Å². The third-order valence-electron chi connectivity index (χ3n) is 4.87. The molecule has 0 saturated heterocycles. The van der Waals surface area contributed by atoms with Gasteiger partial charge in [-0.05, 0) is 33.9 Å². The molecule has 5 rings (SSSR count). The van der Waals surface area contributed by atoms with E-state index in [4.69, 9.17) is 4.42 Å². The highest BCUT2D eigenvalue weighted by atomic mass is 16.4. The number of fused-ring (bicyclic) bond motifs is 4. The summed E-state index contributed by atoms with van der Waals surface area (Å²) in [6.45, 7) is 0. The maximum Gasteiger partial charge on any atom is 0.488 e. The summed E-state index contributed by atoms with van der Waals surface area (Å²) in [5, 5.41) is 23.2. The summed E-state index contributed by atoms with van der Waals surface area (Å²) < 4.78 is 6.22. The second kappa shape index (κ2) is 5.73. The van der Waals surface area contributed by atoms with Crippen LogP contribution in [0.15, 0.2) is 83.3 Å². The van der Waals surface area contributed by atoms with Gasteiger partial charge in [-0.1, -0.05) is 66.7 Å². The highest BCUT2D eigenvalue weighted by Crippen LogP contribution is 2.40. The van der Waals surface area contributed by atoms with Gasteiger partial charge in [0.05, 0.1) is 0 Å². The van der Waals surface area contributed by atoms with Crippen LogP contribution in [0, 0.1) is 0 Å². The first-order chi connectivity index (χ1) is 12.7. The lowest BCUT2D eigenvalue weighted by Crippen LogP contribution is -2.29. The molecule has 0 fully saturated rings. The van der Waals surface area contributed by atoms with Crippen LogP contribution in [-0.2, 0) is 0 Å². The van der Waals surface area contributed by atoms with Gasteiger partial charge in [-0.2, -0.15) is 0 Å². The topological polar surface area (TPSA) is 53.6 Å². The van der Waals surface area contributed by atoms with Crippen LogP contribution in [0.1, 0.15) is 0 Å². The minimum atomic E-state index is -1.50. The number of furan rings is 1. The fraction of sp³-hybridized carbons (Fsp3) is 0. The molecule has 0 amide bonds. The van der Waals surface area contributed by atoms with E-state index in [0.29, 0.717) is 5.46 Å². The molecule has 5 aromatic rings. The monoisotopic (exact) mass is 338 g/mol. The SMILES string of the molecule is OB(O)c1ccc2oc3c(-c4ccccc4)c4ccccc4cc3c2c1. The van der Waals surface area contributed by atoms with Crippen molar-refractivity contribution >= 4 is 45.3 Å². The van der Waals surface area contributed by atoms with Gasteiger partial charge in [-0.15, -0.1) is 0 Å². The fourth-order valence-corrected chi connectivity index (χ4v) is 3.64. The predicted octanol–water partition coefficient (Wildman–Crippen LogP) is 4.09. The van der Waals surface area contributed by atoms with Gasteiger partial charge in [-0.25, -0.2) is 0 Å². The van der Waals surface area contributed by atoms with Crippen LogP contribution in [0.25, 0.3) is 43.8 Å². The van der Waals surface area contributed by atoms with Crippen molar-refractivity contribution < 1.29 is 14.5 Å². The number of rotatable bonds is 2. The van der Waals surface area contributed by atoms with Crippen LogP contribution in [0.5, 0.6) is 0 Å². The average Bonchev–Trinajstić information content (AvgIpc) is 3.04. The highest BCUT2D eigenvalue weighted by molar-refractivity contribution is 6.59. The molecule has 0 spiro atoms. The van der Waals surface area contributed by atoms with Crippen LogP contribution in [-0.4, -0.2) is 17.2 Å². The Balaban J connectivity index is 1.97. The molecule has 0 radical (unpaired) electrons. The summed E-state index contributed by atoms with van der Waals surface area (Å²) in [7, 11) is -1.50. The van der Waals surface area contributed by atoms with Crippen molar-refractivity contribution in [2.45, 2.75) is 0 Å². The predicted molar refractivity (Wildman–Crippen MR) is 106 cm³/mol. The van der Waals surface area contributed by atoms with Crippen LogP contribution in [0.3, 0.4) is 0 Å². The van der Waals surface area contributed by atoms with Gasteiger partial charge in [0, 0.05) is 16.3 Å². The standard InChI is InChI=1S/C22H15BO3/c24-23(25)16-10-11-20-18(13-16)19-12-15-8-4-5-9-17(15)21(22(19)26-20)14-6-2-1-3-7-14/h1-13,24-25H. The molecule has 4 aromatic carbocycles. The fourth-order valence-electron chi connectivity index (χ4n) is 3.64. The molecule has 0 aliphatic carbocycles. The molecule has 0 bridgehead atoms. The van der Waals surface area contributed by atoms with E-state index in [-0.39, 0.29) is 0 Å². The van der Waals surface area contributed by atoms with E-state index in [1.165, 1.54) is 0 Å². The van der Waals surface area contributed by atoms with Crippen molar-refractivity contribution in [2.24, 2.45) is 0 Å². The Kier molecular flexibility index (Phi) is 3.35. The summed E-state index contributed by atoms with van der Waals surface area (Å²) >= 11 is 0. The summed E-state index contributed by atoms with van der Waals surface area (Å²) in [6.07, 6.45) is 0. The third-order valence-corrected chi connectivity index (χ3v) is 4.87. The van der Waals surface area contributed by atoms with E-state index >= 15 is 0 Å². The molecular weight excluding hydrogens is 323 g/mol. The molecule has 1 aromatic heterocycles. The van der Waals surface area contributed by atoms with E-state index in [1.807, 2.05) is 30.3 Å². The van der Waals surface area contributed by atoms with Crippen LogP contribution < -0.4 is 5.46 Å². The minimum Gasteiger partial charge on any atom is -0.455 e. The first-order valence-corrected chi connectivity index (χ1v) is 8.52. The van der Waals surface area contributed by atoms with Crippen molar-refractivity contribution in [3.63, 3.8) is 0 Å². The van der Waals surface area contributed by atoms with Gasteiger partial charge in [0.1, 0.15) is 11.2 Å². The van der Waals surface area contributed by atoms with Crippen molar-refractivity contribution in [3.8, 4) is 11.1 Å². The van der Waals surface area contributed by atoms with Crippen LogP contribution in [0.2, 0.25) is 0 Å². The maximum absolute atomic E-state index is 9.52. The Morgan fingerprint density at radius 1 is 0.692 bits per heavy atom. The van der Waals surface area contributed by atoms with Crippen molar-refractivity contribution in [1.82, 2.24) is 0 Å². The Labute approximate surface area is 150 Å². The Morgan fingerprint density at radius 2 is 1.46 bits per heavy atom. The Morgan fingerprint density at radius 3 is 2.27 bits per heavy atom. The van der Waals surface area contributed by atoms with Gasteiger partial charge < -0.3 is 14.5 Å². The Hall–Kier alpha value is -3.08. The van der Waals surface area contributed by atoms with E-state index < -0.39 is 7.12 Å². The van der Waals surface area contributed by atoms with Crippen molar-refractivity contribution in [1.29, 1.82) is 0 Å². The van der Waals surface area contributed by atoms with Gasteiger partial charge in [-0.3, -0.25) is 0 Å². The zero-order chi connectivity index (χ0) is 17.7. The van der Waals surface area contributed by atoms with Gasteiger partial charge in [0.25, 0.3) is 0 Å². The van der Waals surface area contributed by atoms with Crippen molar-refractivity contribution in [3.05, 3.63) is 78.9 Å². The van der Waals surface area contributed by atoms with Gasteiger partial charge in [0.2, 0.25) is 0 Å². The molecule has 0 unspecified atom stereocenters. The first kappa shape index (κ1) is 15.2. The Bertz CT molecular complexity index is 1260. The number of hydrogen-bond donors (Lipinski definition) is 2. The van der Waals surface area contributed by atoms with Gasteiger partial charge in [0.15, 0.2) is 0 Å². The first-order valence-electron chi connectivity index (χ1n) is 8.52. The lowest BCUT2D eigenvalue weighted by atomic mass is 9.80.